The van der Waals surface area contributed by atoms with Crippen LogP contribution in [-0.2, 0) is 0 Å². The van der Waals surface area contributed by atoms with Gasteiger partial charge in [0.25, 0.3) is 0 Å². The van der Waals surface area contributed by atoms with Gasteiger partial charge in [-0.25, -0.2) is 59.8 Å². The Balaban J connectivity index is 0.000000109. The van der Waals surface area contributed by atoms with Crippen LogP contribution in [0.25, 0.3) is 283 Å². The highest BCUT2D eigenvalue weighted by atomic mass is 32.1. The summed E-state index contributed by atoms with van der Waals surface area (Å²) in [6.07, 6.45) is 0. The molecule has 10 heterocycles. The summed E-state index contributed by atoms with van der Waals surface area (Å²) < 4.78 is 29.8. The fourth-order valence-electron chi connectivity index (χ4n) is 19.8. The van der Waals surface area contributed by atoms with Crippen molar-refractivity contribution < 1.29 is 0 Å². The van der Waals surface area contributed by atoms with E-state index in [0.29, 0.717) is 52.4 Å². The number of aryl methyl sites for hydroxylation is 2. The van der Waals surface area contributed by atoms with Crippen molar-refractivity contribution in [1.29, 1.82) is 0 Å². The molecule has 29 rings (SSSR count). The van der Waals surface area contributed by atoms with Crippen LogP contribution in [0, 0.1) is 13.8 Å². The first kappa shape index (κ1) is 86.1. The van der Waals surface area contributed by atoms with Crippen molar-refractivity contribution in [3.63, 3.8) is 0 Å². The molecule has 22 heteroatoms. The number of para-hydroxylation sites is 5. The van der Waals surface area contributed by atoms with E-state index in [0.717, 1.165) is 209 Å². The molecule has 19 aromatic carbocycles. The molecule has 10 aromatic heterocycles. The Hall–Kier alpha value is -19.0. The lowest BCUT2D eigenvalue weighted by molar-refractivity contribution is 1.07. The Bertz CT molecular complexity index is 10000. The molecule has 0 aliphatic carbocycles. The second-order valence-electron chi connectivity index (χ2n) is 36.1. The number of fused-ring (bicyclic) bond motifs is 20. The van der Waals surface area contributed by atoms with Gasteiger partial charge in [-0.3, -0.25) is 0 Å². The predicted molar refractivity (Wildman–Crippen MR) is 595 cm³/mol. The maximum Gasteiger partial charge on any atom is 0.164 e. The Kier molecular flexibility index (Phi) is 21.4. The fourth-order valence-corrected chi connectivity index (χ4v) is 21.4. The third-order valence-electron chi connectivity index (χ3n) is 27.0. The van der Waals surface area contributed by atoms with Gasteiger partial charge in [-0.15, -0.1) is 0 Å². The van der Waals surface area contributed by atoms with Crippen molar-refractivity contribution in [3.8, 4) is 142 Å². The molecule has 0 unspecified atom stereocenters. The maximum atomic E-state index is 5.15. The summed E-state index contributed by atoms with van der Waals surface area (Å²) in [7, 11) is 0. The average Bonchev–Trinajstić information content (AvgIpc) is 1.44. The Morgan fingerprint density at radius 1 is 0.171 bits per heavy atom. The van der Waals surface area contributed by atoms with Gasteiger partial charge < -0.3 is 4.57 Å². The summed E-state index contributed by atoms with van der Waals surface area (Å²) in [6.45, 7) is 4.15. The zero-order chi connectivity index (χ0) is 96.8. The van der Waals surface area contributed by atoms with Crippen molar-refractivity contribution in [2.45, 2.75) is 13.8 Å². The van der Waals surface area contributed by atoms with E-state index in [1.54, 1.807) is 0 Å². The van der Waals surface area contributed by atoms with Crippen molar-refractivity contribution >= 4 is 177 Å². The molecule has 29 aromatic rings. The molecule has 19 nitrogen and oxygen atoms in total. The lowest BCUT2D eigenvalue weighted by atomic mass is 9.98. The predicted octanol–water partition coefficient (Wildman–Crippen LogP) is 30.8. The average molecular weight is 1930 g/mol. The molecule has 0 radical (unpaired) electrons. The zero-order valence-electron chi connectivity index (χ0n) is 78.1. The second kappa shape index (κ2) is 36.3. The molecule has 0 saturated heterocycles. The van der Waals surface area contributed by atoms with Crippen LogP contribution in [0.1, 0.15) is 11.1 Å². The van der Waals surface area contributed by atoms with Gasteiger partial charge in [-0.2, -0.15) is 26.2 Å². The lowest BCUT2D eigenvalue weighted by Crippen LogP contribution is -2.01. The van der Waals surface area contributed by atoms with Gasteiger partial charge in [0.15, 0.2) is 52.4 Å². The first-order valence-corrected chi connectivity index (χ1v) is 50.0. The molecule has 0 N–H and O–H groups in total. The molecular formula is C124H75N19S3. The molecule has 0 aliphatic heterocycles. The smallest absolute Gasteiger partial charge is 0.164 e. The standard InChI is InChI=1S/C46H27N7S.C42H24N6S.C36H24N6S/c1-2-11-29(12-3-1)44-48-45(50-46(49-44)31-13-10-14-32(27-31)53-39-19-8-5-15-33(39)34-16-6-9-20-40(34)53)30-23-21-28(22-24-30)42-36-25-26-38-43(52-54-51-38)41(36)35-17-4-7-18-37(35)47-42;1-3-9-29-23-31(19-13-25(29)7-1)41-44-40(45-42(46-41)32-20-14-26-8-2-4-10-30(26)24-32)28-17-15-27(16-18-28)38-34-21-22-36-39(48-49-47-36)37(34)33-11-5-6-12-35(33)43-38;1-21-7-11-24(12-8-21)34-38-35(25-13-9-22(2)10-14-25)40-36(39-34)26-17-15-23(16-18-26)32-28-19-20-30-33(42-43-41-30)31(28)27-5-3-4-6-29(27)37-32/h1-27H;1-24H;3-20H,1-2H3. The first-order valence-electron chi connectivity index (χ1n) is 47.8. The molecule has 0 atom stereocenters. The largest absolute Gasteiger partial charge is 0.309 e. The lowest BCUT2D eigenvalue weighted by Gasteiger charge is -2.12. The van der Waals surface area contributed by atoms with E-state index >= 15 is 0 Å². The zero-order valence-corrected chi connectivity index (χ0v) is 80.5. The maximum absolute atomic E-state index is 5.15. The van der Waals surface area contributed by atoms with Crippen LogP contribution in [0.3, 0.4) is 0 Å². The van der Waals surface area contributed by atoms with E-state index in [4.69, 9.17) is 59.8 Å². The van der Waals surface area contributed by atoms with Crippen molar-refractivity contribution in [1.82, 2.24) is 90.6 Å². The molecule has 0 saturated carbocycles. The number of benzene rings is 19. The summed E-state index contributed by atoms with van der Waals surface area (Å²) in [5.41, 5.74) is 27.9. The second-order valence-corrected chi connectivity index (χ2v) is 37.7. The summed E-state index contributed by atoms with van der Waals surface area (Å²) in [4.78, 5) is 60.4. The van der Waals surface area contributed by atoms with Crippen molar-refractivity contribution in [2.24, 2.45) is 0 Å². The third kappa shape index (κ3) is 15.8. The number of rotatable bonds is 13. The number of pyridine rings is 3. The van der Waals surface area contributed by atoms with E-state index in [1.165, 1.54) is 67.9 Å². The van der Waals surface area contributed by atoms with Crippen LogP contribution in [0.5, 0.6) is 0 Å². The summed E-state index contributed by atoms with van der Waals surface area (Å²) >= 11 is 3.71. The van der Waals surface area contributed by atoms with Crippen LogP contribution in [0.15, 0.2) is 419 Å². The highest BCUT2D eigenvalue weighted by Gasteiger charge is 2.25. The highest BCUT2D eigenvalue weighted by Crippen LogP contribution is 2.44. The molecule has 0 bridgehead atoms. The normalized spacial score (nSPS) is 11.6. The van der Waals surface area contributed by atoms with Crippen LogP contribution < -0.4 is 0 Å². The molecular weight excluding hydrogens is 1850 g/mol. The number of hydrogen-bond acceptors (Lipinski definition) is 21. The third-order valence-corrected chi connectivity index (χ3v) is 28.7. The van der Waals surface area contributed by atoms with Crippen LogP contribution in [-0.4, -0.2) is 90.6 Å². The van der Waals surface area contributed by atoms with Gasteiger partial charge in [0.2, 0.25) is 0 Å². The molecule has 146 heavy (non-hydrogen) atoms. The van der Waals surface area contributed by atoms with Crippen LogP contribution in [0.2, 0.25) is 0 Å². The van der Waals surface area contributed by atoms with Gasteiger partial charge in [0.05, 0.1) is 79.8 Å². The highest BCUT2D eigenvalue weighted by molar-refractivity contribution is 7.00. The van der Waals surface area contributed by atoms with Gasteiger partial charge in [0.1, 0.15) is 33.1 Å². The van der Waals surface area contributed by atoms with Gasteiger partial charge in [0, 0.05) is 132 Å². The molecule has 0 aliphatic rings. The summed E-state index contributed by atoms with van der Waals surface area (Å²) in [5.74, 6) is 5.61. The summed E-state index contributed by atoms with van der Waals surface area (Å²) in [6, 6.07) is 144. The van der Waals surface area contributed by atoms with Gasteiger partial charge in [-0.05, 0) is 126 Å². The molecule has 0 amide bonds. The number of nitrogens with zero attached hydrogens (tertiary/aromatic N) is 19. The quantitative estimate of drug-likeness (QED) is 0.0975. The van der Waals surface area contributed by atoms with Gasteiger partial charge >= 0.3 is 0 Å². The Morgan fingerprint density at radius 2 is 0.438 bits per heavy atom. The van der Waals surface area contributed by atoms with Crippen LogP contribution in [0.4, 0.5) is 0 Å². The minimum Gasteiger partial charge on any atom is -0.309 e. The fraction of sp³-hybridized carbons (Fsp3) is 0.0161. The van der Waals surface area contributed by atoms with Crippen molar-refractivity contribution in [3.05, 3.63) is 430 Å². The minimum absolute atomic E-state index is 0.597. The summed E-state index contributed by atoms with van der Waals surface area (Å²) in [5, 5.41) is 16.6. The monoisotopic (exact) mass is 1930 g/mol. The number of aromatic nitrogens is 19. The van der Waals surface area contributed by atoms with E-state index < -0.39 is 0 Å². The topological polar surface area (TPSA) is 237 Å². The Morgan fingerprint density at radius 3 is 0.795 bits per heavy atom. The van der Waals surface area contributed by atoms with Gasteiger partial charge in [-0.1, -0.05) is 339 Å². The SMILES string of the molecule is Cc1ccc(-c2nc(-c3ccc(C)cc3)nc(-c3ccc(-c4nc5ccccc5c5c4ccc4nsnc45)cc3)n2)cc1.c1ccc(-c2nc(-c3ccc(-c4nc5ccccc5c5c4ccc4nsnc45)cc3)nc(-c3cccc(-n4c5ccccc5c5ccccc54)c3)n2)cc1.c1ccc2cc(-c3nc(-c4ccc(-c5nc6ccccc6c6c5ccc5nsnc56)cc4)nc(-c4ccc5ccccc5c4)n3)ccc2c1. The first-order chi connectivity index (χ1) is 72.1. The molecule has 684 valence electrons. The number of hydrogen-bond donors (Lipinski definition) is 0. The van der Waals surface area contributed by atoms with E-state index in [1.807, 2.05) is 84.9 Å². The molecule has 0 spiro atoms. The van der Waals surface area contributed by atoms with E-state index in [-0.39, 0.29) is 0 Å². The van der Waals surface area contributed by atoms with E-state index in [9.17, 15) is 0 Å². The van der Waals surface area contributed by atoms with Crippen molar-refractivity contribution in [2.75, 3.05) is 0 Å². The minimum atomic E-state index is 0.597. The van der Waals surface area contributed by atoms with Crippen LogP contribution >= 0.6 is 35.2 Å². The Labute approximate surface area is 846 Å². The van der Waals surface area contributed by atoms with E-state index in [2.05, 4.69) is 378 Å². The molecule has 0 fully saturated rings.